The minimum Gasteiger partial charge on any atom is -0.464 e. The first-order chi connectivity index (χ1) is 8.22. The molecule has 0 saturated carbocycles. The van der Waals surface area contributed by atoms with Gasteiger partial charge in [0, 0.05) is 0 Å². The van der Waals surface area contributed by atoms with Crippen molar-refractivity contribution in [1.82, 2.24) is 0 Å². The maximum Gasteiger partial charge on any atom is 0.328 e. The molecule has 0 heterocycles. The van der Waals surface area contributed by atoms with Crippen LogP contribution in [0.5, 0.6) is 0 Å². The SMILES string of the molecule is C=CCS(N)(=O)=O.CCCOC(=O)CN=S(=O)=O. The van der Waals surface area contributed by atoms with Crippen LogP contribution < -0.4 is 5.14 Å². The summed E-state index contributed by atoms with van der Waals surface area (Å²) in [6.45, 7) is 4.92. The summed E-state index contributed by atoms with van der Waals surface area (Å²) in [6, 6.07) is 0. The van der Waals surface area contributed by atoms with Crippen LogP contribution in [0, 0.1) is 0 Å². The average molecular weight is 300 g/mol. The summed E-state index contributed by atoms with van der Waals surface area (Å²) < 4.78 is 46.9. The molecule has 0 aliphatic rings. The van der Waals surface area contributed by atoms with Crippen LogP contribution in [0.15, 0.2) is 17.0 Å². The molecule has 106 valence electrons. The van der Waals surface area contributed by atoms with Gasteiger partial charge in [-0.15, -0.1) is 6.58 Å². The van der Waals surface area contributed by atoms with Gasteiger partial charge in [-0.05, 0) is 6.42 Å². The van der Waals surface area contributed by atoms with E-state index in [0.717, 1.165) is 0 Å². The Morgan fingerprint density at radius 2 is 2.06 bits per heavy atom. The van der Waals surface area contributed by atoms with E-state index in [4.69, 9.17) is 0 Å². The highest BCUT2D eigenvalue weighted by atomic mass is 32.2. The van der Waals surface area contributed by atoms with E-state index in [2.05, 4.69) is 20.8 Å². The summed E-state index contributed by atoms with van der Waals surface area (Å²) in [5.74, 6) is -0.761. The van der Waals surface area contributed by atoms with Gasteiger partial charge in [0.15, 0.2) is 6.54 Å². The summed E-state index contributed by atoms with van der Waals surface area (Å²) in [5.41, 5.74) is 0. The van der Waals surface area contributed by atoms with Crippen molar-refractivity contribution < 1.29 is 26.4 Å². The maximum absolute atomic E-state index is 10.5. The zero-order valence-corrected chi connectivity index (χ0v) is 11.5. The standard InChI is InChI=1S/C5H9NO4S.C3H7NO2S/c1-2-3-10-5(7)4-6-11(8)9;1-2-3-7(4,5)6/h2-4H2,1H3;2H,1,3H2,(H2,4,5,6). The number of carbonyl (C=O) groups excluding carboxylic acids is 1. The lowest BCUT2D eigenvalue weighted by Crippen LogP contribution is -2.14. The Labute approximate surface area is 108 Å². The quantitative estimate of drug-likeness (QED) is 0.517. The number of carbonyl (C=O) groups is 1. The first kappa shape index (κ1) is 19.1. The number of esters is 1. The number of hydrogen-bond acceptors (Lipinski definition) is 7. The Morgan fingerprint density at radius 3 is 2.33 bits per heavy atom. The maximum atomic E-state index is 10.5. The second-order valence-corrected chi connectivity index (χ2v) is 5.19. The van der Waals surface area contributed by atoms with Gasteiger partial charge in [-0.2, -0.15) is 12.8 Å². The van der Waals surface area contributed by atoms with Gasteiger partial charge in [0.25, 0.3) is 0 Å². The summed E-state index contributed by atoms with van der Waals surface area (Å²) >= 11 is 0. The fourth-order valence-electron chi connectivity index (χ4n) is 0.531. The van der Waals surface area contributed by atoms with Crippen LogP contribution in [-0.4, -0.2) is 41.7 Å². The minimum atomic E-state index is -3.29. The highest BCUT2D eigenvalue weighted by Gasteiger charge is 1.98. The predicted molar refractivity (Wildman–Crippen MR) is 65.6 cm³/mol. The molecule has 0 rings (SSSR count). The zero-order valence-electron chi connectivity index (χ0n) is 9.90. The van der Waals surface area contributed by atoms with E-state index in [-0.39, 0.29) is 5.75 Å². The van der Waals surface area contributed by atoms with Gasteiger partial charge in [-0.3, -0.25) is 4.79 Å². The lowest BCUT2D eigenvalue weighted by Gasteiger charge is -1.96. The molecule has 0 radical (unpaired) electrons. The van der Waals surface area contributed by atoms with Gasteiger partial charge in [-0.25, -0.2) is 13.6 Å². The number of nitrogens with two attached hydrogens (primary N) is 1. The molecule has 0 fully saturated rings. The van der Waals surface area contributed by atoms with Crippen molar-refractivity contribution in [3.05, 3.63) is 12.7 Å². The topological polar surface area (TPSA) is 133 Å². The van der Waals surface area contributed by atoms with Crippen molar-refractivity contribution >= 4 is 26.5 Å². The molecular weight excluding hydrogens is 284 g/mol. The number of nitrogens with zero attached hydrogens (tertiary/aromatic N) is 1. The van der Waals surface area contributed by atoms with E-state index < -0.39 is 33.0 Å². The fourth-order valence-corrected chi connectivity index (χ4v) is 1.07. The van der Waals surface area contributed by atoms with Crippen molar-refractivity contribution in [2.45, 2.75) is 13.3 Å². The fraction of sp³-hybridized carbons (Fsp3) is 0.625. The third-order valence-corrected chi connectivity index (χ3v) is 2.16. The second kappa shape index (κ2) is 10.9. The molecule has 8 nitrogen and oxygen atoms in total. The Kier molecular flexibility index (Phi) is 11.5. The number of sulfonamides is 1. The van der Waals surface area contributed by atoms with Gasteiger partial charge in [-0.1, -0.05) is 13.0 Å². The highest BCUT2D eigenvalue weighted by Crippen LogP contribution is 1.82. The summed E-state index contributed by atoms with van der Waals surface area (Å²) in [5, 5.41) is 4.55. The number of hydrogen-bond donors (Lipinski definition) is 1. The van der Waals surface area contributed by atoms with E-state index in [9.17, 15) is 21.6 Å². The van der Waals surface area contributed by atoms with Gasteiger partial charge in [0.1, 0.15) is 0 Å². The Balaban J connectivity index is 0. The molecule has 10 heteroatoms. The molecule has 0 atom stereocenters. The van der Waals surface area contributed by atoms with E-state index in [1.54, 1.807) is 0 Å². The van der Waals surface area contributed by atoms with E-state index in [1.807, 2.05) is 6.92 Å². The van der Waals surface area contributed by atoms with Crippen LogP contribution >= 0.6 is 0 Å². The van der Waals surface area contributed by atoms with Gasteiger partial charge in [0.05, 0.1) is 12.4 Å². The zero-order chi connectivity index (χ0) is 14.6. The van der Waals surface area contributed by atoms with Crippen molar-refractivity contribution in [2.24, 2.45) is 9.50 Å². The molecule has 0 unspecified atom stereocenters. The molecule has 0 saturated heterocycles. The largest absolute Gasteiger partial charge is 0.464 e. The first-order valence-corrected chi connectivity index (χ1v) is 7.51. The second-order valence-electron chi connectivity index (χ2n) is 2.84. The molecule has 0 aromatic carbocycles. The minimum absolute atomic E-state index is 0.146. The van der Waals surface area contributed by atoms with E-state index in [0.29, 0.717) is 13.0 Å². The Bertz CT molecular complexity index is 472. The smallest absolute Gasteiger partial charge is 0.328 e. The lowest BCUT2D eigenvalue weighted by atomic mass is 10.5. The number of ether oxygens (including phenoxy) is 1. The summed E-state index contributed by atoms with van der Waals surface area (Å²) in [7, 11) is -5.81. The van der Waals surface area contributed by atoms with Gasteiger partial charge >= 0.3 is 16.5 Å². The Morgan fingerprint density at radius 1 is 1.50 bits per heavy atom. The third kappa shape index (κ3) is 20.2. The Hall–Kier alpha value is -1.26. The molecule has 2 N–H and O–H groups in total. The molecule has 18 heavy (non-hydrogen) atoms. The molecular formula is C8H16N2O6S2. The number of rotatable bonds is 6. The van der Waals surface area contributed by atoms with Crippen LogP contribution in [0.3, 0.4) is 0 Å². The van der Waals surface area contributed by atoms with Gasteiger partial charge < -0.3 is 4.74 Å². The van der Waals surface area contributed by atoms with Gasteiger partial charge in [0.2, 0.25) is 10.0 Å². The van der Waals surface area contributed by atoms with Crippen LogP contribution in [0.1, 0.15) is 13.3 Å². The van der Waals surface area contributed by atoms with Crippen molar-refractivity contribution in [3.63, 3.8) is 0 Å². The van der Waals surface area contributed by atoms with Crippen LogP contribution in [0.4, 0.5) is 0 Å². The van der Waals surface area contributed by atoms with Crippen molar-refractivity contribution in [2.75, 3.05) is 18.9 Å². The monoisotopic (exact) mass is 300 g/mol. The van der Waals surface area contributed by atoms with E-state index >= 15 is 0 Å². The number of primary sulfonamides is 1. The normalized spacial score (nSPS) is 9.67. The highest BCUT2D eigenvalue weighted by molar-refractivity contribution is 7.89. The molecule has 0 aliphatic heterocycles. The molecule has 0 aliphatic carbocycles. The van der Waals surface area contributed by atoms with Crippen molar-refractivity contribution in [3.8, 4) is 0 Å². The van der Waals surface area contributed by atoms with E-state index in [1.165, 1.54) is 6.08 Å². The van der Waals surface area contributed by atoms with Crippen molar-refractivity contribution in [1.29, 1.82) is 0 Å². The van der Waals surface area contributed by atoms with Crippen LogP contribution in [0.25, 0.3) is 0 Å². The molecule has 0 aromatic rings. The van der Waals surface area contributed by atoms with Crippen LogP contribution in [0.2, 0.25) is 0 Å². The summed E-state index contributed by atoms with van der Waals surface area (Å²) in [6.07, 6.45) is 1.96. The predicted octanol–water partition coefficient (Wildman–Crippen LogP) is -0.537. The average Bonchev–Trinajstić information content (AvgIpc) is 2.22. The first-order valence-electron chi connectivity index (χ1n) is 4.76. The molecule has 0 aromatic heterocycles. The van der Waals surface area contributed by atoms with Crippen LogP contribution in [-0.2, 0) is 30.1 Å². The molecule has 0 bridgehead atoms. The molecule has 0 spiro atoms. The third-order valence-electron chi connectivity index (χ3n) is 1.12. The lowest BCUT2D eigenvalue weighted by molar-refractivity contribution is -0.141. The summed E-state index contributed by atoms with van der Waals surface area (Å²) in [4.78, 5) is 10.5. The molecule has 0 amide bonds.